The number of hydrogen-bond donors (Lipinski definition) is 1. The Morgan fingerprint density at radius 1 is 1.25 bits per heavy atom. The van der Waals surface area contributed by atoms with E-state index in [9.17, 15) is 36.3 Å². The van der Waals surface area contributed by atoms with E-state index < -0.39 is 82.3 Å². The summed E-state index contributed by atoms with van der Waals surface area (Å²) in [6, 6.07) is 0.243. The molecule has 0 radical (unpaired) electrons. The number of alkyl halides is 3. The number of fused-ring (bicyclic) bond motifs is 3. The number of carbonyl (C=O) groups excluding carboxylic acids is 2. The van der Waals surface area contributed by atoms with Crippen LogP contribution in [0.5, 0.6) is 5.75 Å². The molecule has 0 saturated carbocycles. The molecule has 2 aliphatic rings. The molecule has 194 valence electrons. The third-order valence-electron chi connectivity index (χ3n) is 6.06. The minimum atomic E-state index is -4.70. The molecule has 3 heterocycles. The van der Waals surface area contributed by atoms with Gasteiger partial charge in [-0.25, -0.2) is 8.78 Å². The number of pyridine rings is 1. The second-order valence-electron chi connectivity index (χ2n) is 8.22. The van der Waals surface area contributed by atoms with Gasteiger partial charge in [-0.1, -0.05) is 17.7 Å². The number of nitrogens with zero attached hydrogens (tertiary/aromatic N) is 2. The van der Waals surface area contributed by atoms with Gasteiger partial charge >= 0.3 is 6.18 Å². The van der Waals surface area contributed by atoms with Crippen molar-refractivity contribution in [2.75, 3.05) is 26.9 Å². The molecule has 2 atom stereocenters. The molecular weight excluding hydrogens is 517 g/mol. The van der Waals surface area contributed by atoms with Gasteiger partial charge in [-0.15, -0.1) is 0 Å². The molecule has 1 N–H and O–H groups in total. The average molecular weight is 536 g/mol. The number of hydrogen-bond acceptors (Lipinski definition) is 5. The normalized spacial score (nSPS) is 19.5. The fourth-order valence-corrected chi connectivity index (χ4v) is 4.59. The standard InChI is InChI=1S/C22H19ClF5N3O5/c1-35-19-17-21(34)31(9-22(26,27)28)14-8-36-5-4-13(14)30(17)7-11(18(19)32)20(33)29-6-10-2-3-12(24)15(23)16(10)25/h2-3,7,13-14H,4-6,8-9H2,1H3,(H,29,33)/t13-,14+/m0/s1. The fourth-order valence-electron chi connectivity index (χ4n) is 4.41. The van der Waals surface area contributed by atoms with E-state index in [2.05, 4.69) is 5.32 Å². The lowest BCUT2D eigenvalue weighted by atomic mass is 9.95. The molecule has 0 aliphatic carbocycles. The van der Waals surface area contributed by atoms with Gasteiger partial charge in [0.2, 0.25) is 5.43 Å². The highest BCUT2D eigenvalue weighted by Crippen LogP contribution is 2.37. The lowest BCUT2D eigenvalue weighted by molar-refractivity contribution is -0.153. The highest BCUT2D eigenvalue weighted by atomic mass is 35.5. The molecule has 1 aromatic heterocycles. The van der Waals surface area contributed by atoms with Gasteiger partial charge in [-0.2, -0.15) is 13.2 Å². The molecule has 36 heavy (non-hydrogen) atoms. The lowest BCUT2D eigenvalue weighted by Crippen LogP contribution is -2.58. The molecule has 2 aliphatic heterocycles. The molecule has 2 amide bonds. The van der Waals surface area contributed by atoms with Crippen LogP contribution in [-0.2, 0) is 11.3 Å². The summed E-state index contributed by atoms with van der Waals surface area (Å²) < 4.78 is 78.9. The van der Waals surface area contributed by atoms with Gasteiger partial charge in [-0.3, -0.25) is 14.4 Å². The first-order chi connectivity index (χ1) is 16.9. The second-order valence-corrected chi connectivity index (χ2v) is 8.60. The number of benzene rings is 1. The first-order valence-corrected chi connectivity index (χ1v) is 11.0. The topological polar surface area (TPSA) is 89.9 Å². The number of halogens is 6. The monoisotopic (exact) mass is 535 g/mol. The summed E-state index contributed by atoms with van der Waals surface area (Å²) in [6.45, 7) is -2.00. The molecule has 8 nitrogen and oxygen atoms in total. The Balaban J connectivity index is 1.73. The van der Waals surface area contributed by atoms with Crippen LogP contribution >= 0.6 is 11.6 Å². The maximum Gasteiger partial charge on any atom is 0.406 e. The lowest BCUT2D eigenvalue weighted by Gasteiger charge is -2.45. The van der Waals surface area contributed by atoms with Crippen molar-refractivity contribution >= 4 is 23.4 Å². The molecule has 0 unspecified atom stereocenters. The van der Waals surface area contributed by atoms with Crippen LogP contribution < -0.4 is 15.5 Å². The predicted octanol–water partition coefficient (Wildman–Crippen LogP) is 3.07. The first-order valence-electron chi connectivity index (χ1n) is 10.6. The van der Waals surface area contributed by atoms with Gasteiger partial charge in [0, 0.05) is 24.9 Å². The van der Waals surface area contributed by atoms with Gasteiger partial charge in [0.05, 0.1) is 25.8 Å². The minimum Gasteiger partial charge on any atom is -0.491 e. The van der Waals surface area contributed by atoms with Crippen molar-refractivity contribution in [1.29, 1.82) is 0 Å². The Morgan fingerprint density at radius 2 is 1.97 bits per heavy atom. The smallest absolute Gasteiger partial charge is 0.406 e. The molecule has 2 aromatic rings. The van der Waals surface area contributed by atoms with Crippen LogP contribution in [0.15, 0.2) is 23.1 Å². The van der Waals surface area contributed by atoms with E-state index in [1.807, 2.05) is 0 Å². The summed E-state index contributed by atoms with van der Waals surface area (Å²) in [4.78, 5) is 39.6. The van der Waals surface area contributed by atoms with Crippen LogP contribution in [0.1, 0.15) is 38.9 Å². The van der Waals surface area contributed by atoms with Gasteiger partial charge in [0.25, 0.3) is 11.8 Å². The van der Waals surface area contributed by atoms with Crippen molar-refractivity contribution in [3.8, 4) is 5.75 Å². The molecular formula is C22H19ClF5N3O5. The molecule has 0 bridgehead atoms. The van der Waals surface area contributed by atoms with Crippen LogP contribution in [0.3, 0.4) is 0 Å². The number of aromatic nitrogens is 1. The van der Waals surface area contributed by atoms with Crippen molar-refractivity contribution in [1.82, 2.24) is 14.8 Å². The minimum absolute atomic E-state index is 0.151. The molecule has 4 rings (SSSR count). The van der Waals surface area contributed by atoms with E-state index in [4.69, 9.17) is 21.1 Å². The van der Waals surface area contributed by atoms with Gasteiger partial charge in [-0.05, 0) is 12.5 Å². The Morgan fingerprint density at radius 3 is 2.64 bits per heavy atom. The predicted molar refractivity (Wildman–Crippen MR) is 115 cm³/mol. The highest BCUT2D eigenvalue weighted by molar-refractivity contribution is 6.30. The van der Waals surface area contributed by atoms with Gasteiger partial charge < -0.3 is 24.3 Å². The van der Waals surface area contributed by atoms with Gasteiger partial charge in [0.1, 0.15) is 28.8 Å². The van der Waals surface area contributed by atoms with Gasteiger partial charge in [0.15, 0.2) is 11.4 Å². The zero-order valence-electron chi connectivity index (χ0n) is 18.6. The summed E-state index contributed by atoms with van der Waals surface area (Å²) in [5.74, 6) is -4.74. The summed E-state index contributed by atoms with van der Waals surface area (Å²) in [5.41, 5.74) is -2.08. The van der Waals surface area contributed by atoms with E-state index >= 15 is 0 Å². The summed E-state index contributed by atoms with van der Waals surface area (Å²) in [7, 11) is 1.05. The largest absolute Gasteiger partial charge is 0.491 e. The molecule has 1 aromatic carbocycles. The van der Waals surface area contributed by atoms with E-state index in [1.165, 1.54) is 4.57 Å². The number of ether oxygens (including phenoxy) is 2. The van der Waals surface area contributed by atoms with Crippen LogP contribution in [0.25, 0.3) is 0 Å². The zero-order chi connectivity index (χ0) is 26.4. The first kappa shape index (κ1) is 25.9. The SMILES string of the molecule is COc1c2n(cc(C(=O)NCc3ccc(F)c(Cl)c3F)c1=O)[C@H]1CCOC[C@H]1N(CC(F)(F)F)C2=O. The van der Waals surface area contributed by atoms with Crippen LogP contribution in [-0.4, -0.2) is 60.4 Å². The summed E-state index contributed by atoms with van der Waals surface area (Å²) >= 11 is 5.54. The van der Waals surface area contributed by atoms with E-state index in [0.717, 1.165) is 25.4 Å². The number of rotatable bonds is 5. The van der Waals surface area contributed by atoms with Crippen LogP contribution in [0.2, 0.25) is 5.02 Å². The molecule has 14 heteroatoms. The van der Waals surface area contributed by atoms with Crippen LogP contribution in [0, 0.1) is 11.6 Å². The van der Waals surface area contributed by atoms with E-state index in [1.54, 1.807) is 0 Å². The summed E-state index contributed by atoms with van der Waals surface area (Å²) in [5, 5.41) is 1.57. The molecule has 1 fully saturated rings. The van der Waals surface area contributed by atoms with Crippen molar-refractivity contribution in [3.63, 3.8) is 0 Å². The Labute approximate surface area is 205 Å². The number of carbonyl (C=O) groups is 2. The Hall–Kier alpha value is -3.19. The van der Waals surface area contributed by atoms with E-state index in [-0.39, 0.29) is 25.2 Å². The summed E-state index contributed by atoms with van der Waals surface area (Å²) in [6.07, 6.45) is -3.42. The van der Waals surface area contributed by atoms with Crippen molar-refractivity contribution in [2.45, 2.75) is 31.2 Å². The van der Waals surface area contributed by atoms with Crippen molar-refractivity contribution in [3.05, 3.63) is 62.0 Å². The quantitative estimate of drug-likeness (QED) is 0.470. The van der Waals surface area contributed by atoms with Crippen molar-refractivity contribution in [2.24, 2.45) is 0 Å². The Bertz CT molecular complexity index is 1280. The highest BCUT2D eigenvalue weighted by Gasteiger charge is 2.47. The van der Waals surface area contributed by atoms with E-state index in [0.29, 0.717) is 4.90 Å². The second kappa shape index (κ2) is 9.69. The molecule has 0 spiro atoms. The molecule has 1 saturated heterocycles. The number of nitrogens with one attached hydrogen (secondary N) is 1. The van der Waals surface area contributed by atoms with Crippen molar-refractivity contribution < 1.29 is 41.0 Å². The third kappa shape index (κ3) is 4.64. The average Bonchev–Trinajstić information content (AvgIpc) is 2.83. The maximum atomic E-state index is 14.2. The number of methoxy groups -OCH3 is 1. The Kier molecular flexibility index (Phi) is 6.97. The third-order valence-corrected chi connectivity index (χ3v) is 6.40. The zero-order valence-corrected chi connectivity index (χ0v) is 19.4. The van der Waals surface area contributed by atoms with Crippen LogP contribution in [0.4, 0.5) is 22.0 Å². The number of amides is 2. The fraction of sp³-hybridized carbons (Fsp3) is 0.409. The maximum absolute atomic E-state index is 14.2.